The molecular formula is C14H22N2O2. The van der Waals surface area contributed by atoms with Gasteiger partial charge in [-0.15, -0.1) is 0 Å². The fraction of sp³-hybridized carbons (Fsp3) is 0.714. The smallest absolute Gasteiger partial charge is 0.334 e. The second kappa shape index (κ2) is 4.40. The molecule has 0 spiro atoms. The molecule has 0 unspecified atom stereocenters. The van der Waals surface area contributed by atoms with Gasteiger partial charge in [-0.2, -0.15) is 5.26 Å². The summed E-state index contributed by atoms with van der Waals surface area (Å²) in [5, 5.41) is 12.9. The summed E-state index contributed by atoms with van der Waals surface area (Å²) in [6, 6.07) is 2.19. The van der Waals surface area contributed by atoms with Gasteiger partial charge in [0.1, 0.15) is 6.07 Å². The van der Waals surface area contributed by atoms with Crippen molar-refractivity contribution in [1.29, 1.82) is 5.26 Å². The van der Waals surface area contributed by atoms with Crippen molar-refractivity contribution in [2.24, 2.45) is 0 Å². The molecule has 1 heterocycles. The summed E-state index contributed by atoms with van der Waals surface area (Å²) in [5.41, 5.74) is -1.27. The molecule has 0 radical (unpaired) electrons. The van der Waals surface area contributed by atoms with Crippen molar-refractivity contribution < 1.29 is 9.53 Å². The quantitative estimate of drug-likeness (QED) is 0.603. The molecule has 4 nitrogen and oxygen atoms in total. The zero-order valence-corrected chi connectivity index (χ0v) is 11.9. The van der Waals surface area contributed by atoms with E-state index in [9.17, 15) is 10.1 Å². The first kappa shape index (κ1) is 14.7. The van der Waals surface area contributed by atoms with E-state index in [2.05, 4.69) is 18.0 Å². The van der Waals surface area contributed by atoms with Crippen molar-refractivity contribution in [3.8, 4) is 6.07 Å². The summed E-state index contributed by atoms with van der Waals surface area (Å²) in [6.45, 7) is 13.2. The highest BCUT2D eigenvalue weighted by Crippen LogP contribution is 2.38. The van der Waals surface area contributed by atoms with Gasteiger partial charge in [0.2, 0.25) is 5.60 Å². The van der Waals surface area contributed by atoms with Gasteiger partial charge in [-0.3, -0.25) is 0 Å². The van der Waals surface area contributed by atoms with Gasteiger partial charge in [0.15, 0.2) is 0 Å². The molecule has 0 amide bonds. The molecule has 0 aliphatic carbocycles. The number of carbonyl (C=O) groups is 1. The largest absolute Gasteiger partial charge is 0.440 e. The van der Waals surface area contributed by atoms with Gasteiger partial charge in [-0.25, -0.2) is 4.79 Å². The third kappa shape index (κ3) is 3.33. The Morgan fingerprint density at radius 1 is 1.28 bits per heavy atom. The second-order valence-electron chi connectivity index (χ2n) is 6.52. The lowest BCUT2D eigenvalue weighted by molar-refractivity contribution is -0.156. The average Bonchev–Trinajstić information content (AvgIpc) is 2.12. The summed E-state index contributed by atoms with van der Waals surface area (Å²) in [6.07, 6.45) is 0.942. The SMILES string of the molecule is C=C(C)C(=O)OC1(C#N)CC(C)(C)NC(C)(C)C1. The predicted octanol–water partition coefficient (Wildman–Crippen LogP) is 2.31. The van der Waals surface area contributed by atoms with Crippen molar-refractivity contribution in [2.75, 3.05) is 0 Å². The van der Waals surface area contributed by atoms with Crippen LogP contribution in [-0.4, -0.2) is 22.6 Å². The Morgan fingerprint density at radius 2 is 1.72 bits per heavy atom. The van der Waals surface area contributed by atoms with Crippen molar-refractivity contribution in [2.45, 2.75) is 64.1 Å². The van der Waals surface area contributed by atoms with Crippen LogP contribution in [-0.2, 0) is 9.53 Å². The molecule has 18 heavy (non-hydrogen) atoms. The summed E-state index contributed by atoms with van der Waals surface area (Å²) in [4.78, 5) is 11.7. The van der Waals surface area contributed by atoms with E-state index in [0.717, 1.165) is 0 Å². The van der Waals surface area contributed by atoms with Crippen LogP contribution in [0.15, 0.2) is 12.2 Å². The molecule has 0 aromatic heterocycles. The van der Waals surface area contributed by atoms with E-state index in [1.54, 1.807) is 6.92 Å². The van der Waals surface area contributed by atoms with Crippen LogP contribution in [0.5, 0.6) is 0 Å². The lowest BCUT2D eigenvalue weighted by Crippen LogP contribution is -2.64. The highest BCUT2D eigenvalue weighted by molar-refractivity contribution is 5.87. The number of ether oxygens (including phenoxy) is 1. The molecular weight excluding hydrogens is 228 g/mol. The minimum Gasteiger partial charge on any atom is -0.440 e. The topological polar surface area (TPSA) is 62.1 Å². The van der Waals surface area contributed by atoms with E-state index in [1.165, 1.54) is 0 Å². The number of hydrogen-bond donors (Lipinski definition) is 1. The van der Waals surface area contributed by atoms with E-state index in [-0.39, 0.29) is 11.1 Å². The standard InChI is InChI=1S/C14H22N2O2/c1-10(2)11(17)18-14(9-15)7-12(3,4)16-13(5,6)8-14/h16H,1,7-8H2,2-6H3. The maximum atomic E-state index is 11.7. The van der Waals surface area contributed by atoms with Gasteiger partial charge in [0.05, 0.1) is 0 Å². The number of nitrogens with one attached hydrogen (secondary N) is 1. The minimum atomic E-state index is -1.08. The minimum absolute atomic E-state index is 0.257. The Labute approximate surface area is 109 Å². The van der Waals surface area contributed by atoms with Crippen LogP contribution >= 0.6 is 0 Å². The molecule has 1 rings (SSSR count). The zero-order chi connectivity index (χ0) is 14.2. The Morgan fingerprint density at radius 3 is 2.06 bits per heavy atom. The van der Waals surface area contributed by atoms with Crippen LogP contribution in [0, 0.1) is 11.3 Å². The Hall–Kier alpha value is -1.34. The first-order valence-electron chi connectivity index (χ1n) is 6.10. The predicted molar refractivity (Wildman–Crippen MR) is 69.8 cm³/mol. The molecule has 1 fully saturated rings. The Balaban J connectivity index is 3.04. The van der Waals surface area contributed by atoms with Crippen molar-refractivity contribution in [3.05, 3.63) is 12.2 Å². The molecule has 1 saturated heterocycles. The zero-order valence-electron chi connectivity index (χ0n) is 11.9. The normalized spacial score (nSPS) is 23.8. The Bertz CT molecular complexity index is 400. The van der Waals surface area contributed by atoms with E-state index < -0.39 is 11.6 Å². The first-order chi connectivity index (χ1) is 8.01. The molecule has 0 atom stereocenters. The van der Waals surface area contributed by atoms with E-state index >= 15 is 0 Å². The number of nitrogens with zero attached hydrogens (tertiary/aromatic N) is 1. The molecule has 0 aromatic rings. The third-order valence-electron chi connectivity index (χ3n) is 2.97. The Kier molecular flexibility index (Phi) is 3.60. The van der Waals surface area contributed by atoms with Crippen molar-refractivity contribution >= 4 is 5.97 Å². The van der Waals surface area contributed by atoms with Gasteiger partial charge in [-0.05, 0) is 34.6 Å². The maximum Gasteiger partial charge on any atom is 0.334 e. The van der Waals surface area contributed by atoms with Crippen LogP contribution < -0.4 is 5.32 Å². The summed E-state index contributed by atoms with van der Waals surface area (Å²) in [5.74, 6) is -0.495. The van der Waals surface area contributed by atoms with E-state index in [1.807, 2.05) is 27.7 Å². The monoisotopic (exact) mass is 250 g/mol. The number of carbonyl (C=O) groups excluding carboxylic acids is 1. The van der Waals surface area contributed by atoms with Gasteiger partial charge in [-0.1, -0.05) is 6.58 Å². The fourth-order valence-corrected chi connectivity index (χ4v) is 2.93. The number of piperidine rings is 1. The summed E-state index contributed by atoms with van der Waals surface area (Å²) >= 11 is 0. The van der Waals surface area contributed by atoms with Crippen LogP contribution in [0.3, 0.4) is 0 Å². The number of rotatable bonds is 2. The number of hydrogen-bond acceptors (Lipinski definition) is 4. The van der Waals surface area contributed by atoms with Crippen molar-refractivity contribution in [3.63, 3.8) is 0 Å². The van der Waals surface area contributed by atoms with Gasteiger partial charge in [0, 0.05) is 29.5 Å². The van der Waals surface area contributed by atoms with Crippen LogP contribution in [0.4, 0.5) is 0 Å². The number of esters is 1. The van der Waals surface area contributed by atoms with Gasteiger partial charge < -0.3 is 10.1 Å². The second-order valence-corrected chi connectivity index (χ2v) is 6.52. The highest BCUT2D eigenvalue weighted by atomic mass is 16.6. The fourth-order valence-electron chi connectivity index (χ4n) is 2.93. The van der Waals surface area contributed by atoms with E-state index in [4.69, 9.17) is 4.74 Å². The summed E-state index contributed by atoms with van der Waals surface area (Å²) in [7, 11) is 0. The molecule has 0 aromatic carbocycles. The molecule has 1 N–H and O–H groups in total. The van der Waals surface area contributed by atoms with Gasteiger partial charge in [0.25, 0.3) is 0 Å². The van der Waals surface area contributed by atoms with Crippen LogP contribution in [0.1, 0.15) is 47.5 Å². The maximum absolute atomic E-state index is 11.7. The molecule has 0 saturated carbocycles. The lowest BCUT2D eigenvalue weighted by Gasteiger charge is -2.49. The first-order valence-corrected chi connectivity index (χ1v) is 6.10. The third-order valence-corrected chi connectivity index (χ3v) is 2.97. The molecule has 4 heteroatoms. The molecule has 100 valence electrons. The van der Waals surface area contributed by atoms with Crippen LogP contribution in [0.2, 0.25) is 0 Å². The summed E-state index contributed by atoms with van der Waals surface area (Å²) < 4.78 is 5.42. The van der Waals surface area contributed by atoms with Gasteiger partial charge >= 0.3 is 5.97 Å². The van der Waals surface area contributed by atoms with Crippen LogP contribution in [0.25, 0.3) is 0 Å². The number of nitriles is 1. The average molecular weight is 250 g/mol. The molecule has 1 aliphatic heterocycles. The lowest BCUT2D eigenvalue weighted by atomic mass is 9.73. The van der Waals surface area contributed by atoms with E-state index in [0.29, 0.717) is 18.4 Å². The van der Waals surface area contributed by atoms with Crippen molar-refractivity contribution in [1.82, 2.24) is 5.32 Å². The molecule has 0 bridgehead atoms. The molecule has 1 aliphatic rings. The highest BCUT2D eigenvalue weighted by Gasteiger charge is 2.50.